The van der Waals surface area contributed by atoms with E-state index in [1.54, 1.807) is 7.11 Å². The number of para-hydroxylation sites is 2. The number of benzene rings is 2. The second-order valence-corrected chi connectivity index (χ2v) is 7.45. The Labute approximate surface area is 179 Å². The summed E-state index contributed by atoms with van der Waals surface area (Å²) in [5, 5.41) is 3.97. The molecular formula is C23H20ClN5O. The van der Waals surface area contributed by atoms with E-state index in [-0.39, 0.29) is 0 Å². The molecule has 0 bridgehead atoms. The summed E-state index contributed by atoms with van der Waals surface area (Å²) in [7, 11) is 1.64. The first-order valence-electron chi connectivity index (χ1n) is 9.80. The Hall–Kier alpha value is -3.38. The number of amidine groups is 1. The van der Waals surface area contributed by atoms with Crippen molar-refractivity contribution in [2.75, 3.05) is 30.4 Å². The van der Waals surface area contributed by atoms with Crippen LogP contribution < -0.4 is 15.0 Å². The Bertz CT molecular complexity index is 1170. The van der Waals surface area contributed by atoms with Crippen LogP contribution in [0.1, 0.15) is 17.5 Å². The average Bonchev–Trinajstić information content (AvgIpc) is 2.79. The van der Waals surface area contributed by atoms with Crippen LogP contribution in [0.5, 0.6) is 5.75 Å². The molecule has 1 N–H and O–H groups in total. The molecular weight excluding hydrogens is 398 g/mol. The number of fused-ring (bicyclic) bond motifs is 3. The fraction of sp³-hybridized carbons (Fsp3) is 0.174. The van der Waals surface area contributed by atoms with Gasteiger partial charge in [-0.1, -0.05) is 41.9 Å². The van der Waals surface area contributed by atoms with E-state index in [1.165, 1.54) is 0 Å². The van der Waals surface area contributed by atoms with Crippen LogP contribution in [-0.4, -0.2) is 36.0 Å². The van der Waals surface area contributed by atoms with Gasteiger partial charge in [0.2, 0.25) is 5.95 Å². The molecule has 0 amide bonds. The van der Waals surface area contributed by atoms with Gasteiger partial charge in [-0.3, -0.25) is 4.99 Å². The van der Waals surface area contributed by atoms with Gasteiger partial charge >= 0.3 is 0 Å². The maximum atomic E-state index is 6.49. The fourth-order valence-corrected chi connectivity index (χ4v) is 4.01. The van der Waals surface area contributed by atoms with E-state index >= 15 is 0 Å². The second kappa shape index (κ2) is 7.80. The molecule has 0 fully saturated rings. The van der Waals surface area contributed by atoms with Gasteiger partial charge in [-0.05, 0) is 30.7 Å². The fourth-order valence-electron chi connectivity index (χ4n) is 3.77. The summed E-state index contributed by atoms with van der Waals surface area (Å²) in [4.78, 5) is 16.3. The highest BCUT2D eigenvalue weighted by molar-refractivity contribution is 6.40. The Morgan fingerprint density at radius 2 is 1.93 bits per heavy atom. The maximum Gasteiger partial charge on any atom is 0.229 e. The van der Waals surface area contributed by atoms with E-state index in [0.717, 1.165) is 59.3 Å². The van der Waals surface area contributed by atoms with Gasteiger partial charge in [0, 0.05) is 41.0 Å². The van der Waals surface area contributed by atoms with Crippen LogP contribution in [0, 0.1) is 0 Å². The first kappa shape index (κ1) is 18.6. The van der Waals surface area contributed by atoms with Crippen molar-refractivity contribution in [1.82, 2.24) is 9.97 Å². The third-order valence-corrected chi connectivity index (χ3v) is 5.50. The third-order valence-electron chi connectivity index (χ3n) is 5.17. The summed E-state index contributed by atoms with van der Waals surface area (Å²) < 4.78 is 5.42. The van der Waals surface area contributed by atoms with Crippen molar-refractivity contribution < 1.29 is 4.74 Å². The molecule has 0 spiro atoms. The van der Waals surface area contributed by atoms with Gasteiger partial charge in [0.25, 0.3) is 0 Å². The van der Waals surface area contributed by atoms with Crippen LogP contribution >= 0.6 is 11.6 Å². The largest absolute Gasteiger partial charge is 0.495 e. The van der Waals surface area contributed by atoms with Crippen LogP contribution in [-0.2, 0) is 0 Å². The van der Waals surface area contributed by atoms with Gasteiger partial charge in [-0.25, -0.2) is 4.98 Å². The topological polar surface area (TPSA) is 62.6 Å². The van der Waals surface area contributed by atoms with Gasteiger partial charge in [-0.15, -0.1) is 0 Å². The van der Waals surface area contributed by atoms with Gasteiger partial charge in [0.15, 0.2) is 0 Å². The summed E-state index contributed by atoms with van der Waals surface area (Å²) >= 11 is 6.49. The van der Waals surface area contributed by atoms with Crippen molar-refractivity contribution >= 4 is 46.5 Å². The molecule has 6 nitrogen and oxygen atoms in total. The zero-order valence-corrected chi connectivity index (χ0v) is 17.2. The SMILES string of the molecule is COc1ccccc1Nc1ncc2c(n1)N1CCCN=C1C(c1ccccc1Cl)=C2. The van der Waals surface area contributed by atoms with Crippen molar-refractivity contribution in [2.24, 2.45) is 4.99 Å². The predicted molar refractivity (Wildman–Crippen MR) is 122 cm³/mol. The van der Waals surface area contributed by atoms with Crippen LogP contribution in [0.3, 0.4) is 0 Å². The van der Waals surface area contributed by atoms with Crippen molar-refractivity contribution in [3.8, 4) is 5.75 Å². The minimum atomic E-state index is 0.512. The molecule has 150 valence electrons. The summed E-state index contributed by atoms with van der Waals surface area (Å²) in [5.41, 5.74) is 3.72. The summed E-state index contributed by atoms with van der Waals surface area (Å²) in [6, 6.07) is 15.5. The molecule has 7 heteroatoms. The molecule has 0 aliphatic carbocycles. The number of nitrogens with zero attached hydrogens (tertiary/aromatic N) is 4. The molecule has 0 saturated heterocycles. The van der Waals surface area contributed by atoms with Gasteiger partial charge in [-0.2, -0.15) is 4.98 Å². The summed E-state index contributed by atoms with van der Waals surface area (Å²) in [6.45, 7) is 1.64. The van der Waals surface area contributed by atoms with E-state index in [0.29, 0.717) is 11.0 Å². The van der Waals surface area contributed by atoms with Crippen molar-refractivity contribution in [3.63, 3.8) is 0 Å². The highest BCUT2D eigenvalue weighted by Crippen LogP contribution is 2.37. The average molecular weight is 418 g/mol. The van der Waals surface area contributed by atoms with Crippen molar-refractivity contribution in [3.05, 3.63) is 70.9 Å². The molecule has 0 radical (unpaired) electrons. The normalized spacial score (nSPS) is 14.9. The number of hydrogen-bond acceptors (Lipinski definition) is 6. The third kappa shape index (κ3) is 3.29. The lowest BCUT2D eigenvalue weighted by molar-refractivity contribution is 0.417. The number of hydrogen-bond donors (Lipinski definition) is 1. The molecule has 1 aromatic heterocycles. The molecule has 0 atom stereocenters. The second-order valence-electron chi connectivity index (χ2n) is 7.05. The minimum Gasteiger partial charge on any atom is -0.495 e. The Morgan fingerprint density at radius 1 is 1.10 bits per heavy atom. The lowest BCUT2D eigenvalue weighted by Crippen LogP contribution is -2.39. The number of anilines is 3. The number of aromatic nitrogens is 2. The maximum absolute atomic E-state index is 6.49. The quantitative estimate of drug-likeness (QED) is 0.644. The summed E-state index contributed by atoms with van der Waals surface area (Å²) in [5.74, 6) is 3.00. The monoisotopic (exact) mass is 417 g/mol. The molecule has 0 unspecified atom stereocenters. The number of nitrogens with one attached hydrogen (secondary N) is 1. The Morgan fingerprint density at radius 3 is 2.80 bits per heavy atom. The standard InChI is InChI=1S/C23H20ClN5O/c1-30-20-10-5-4-9-19(20)27-23-26-14-15-13-17(16-7-2-3-8-18(16)24)22-25-11-6-12-29(22)21(15)28-23/h2-5,7-10,13-14H,6,11-12H2,1H3,(H,26,27,28). The molecule has 3 heterocycles. The highest BCUT2D eigenvalue weighted by atomic mass is 35.5. The highest BCUT2D eigenvalue weighted by Gasteiger charge is 2.30. The number of halogens is 1. The minimum absolute atomic E-state index is 0.512. The van der Waals surface area contributed by atoms with Crippen LogP contribution in [0.15, 0.2) is 59.7 Å². The summed E-state index contributed by atoms with van der Waals surface area (Å²) in [6.07, 6.45) is 4.88. The van der Waals surface area contributed by atoms with E-state index < -0.39 is 0 Å². The van der Waals surface area contributed by atoms with Gasteiger partial charge < -0.3 is 15.0 Å². The van der Waals surface area contributed by atoms with Crippen LogP contribution in [0.2, 0.25) is 5.02 Å². The van der Waals surface area contributed by atoms with Crippen molar-refractivity contribution in [2.45, 2.75) is 6.42 Å². The van der Waals surface area contributed by atoms with Gasteiger partial charge in [0.05, 0.1) is 12.8 Å². The van der Waals surface area contributed by atoms with Gasteiger partial charge in [0.1, 0.15) is 17.4 Å². The van der Waals surface area contributed by atoms with Crippen molar-refractivity contribution in [1.29, 1.82) is 0 Å². The first-order chi connectivity index (χ1) is 14.7. The lowest BCUT2D eigenvalue weighted by atomic mass is 9.97. The smallest absolute Gasteiger partial charge is 0.229 e. The molecule has 3 aromatic rings. The number of aliphatic imine (C=N–C) groups is 1. The number of rotatable bonds is 4. The number of ether oxygens (including phenoxy) is 1. The molecule has 30 heavy (non-hydrogen) atoms. The number of methoxy groups -OCH3 is 1. The Kier molecular flexibility index (Phi) is 4.85. The van der Waals surface area contributed by atoms with E-state index in [9.17, 15) is 0 Å². The zero-order valence-electron chi connectivity index (χ0n) is 16.5. The molecule has 2 aromatic carbocycles. The Balaban J connectivity index is 1.58. The predicted octanol–water partition coefficient (Wildman–Crippen LogP) is 5.05. The van der Waals surface area contributed by atoms with E-state index in [2.05, 4.69) is 21.3 Å². The van der Waals surface area contributed by atoms with E-state index in [4.69, 9.17) is 26.3 Å². The first-order valence-corrected chi connectivity index (χ1v) is 10.2. The molecule has 5 rings (SSSR count). The van der Waals surface area contributed by atoms with Crippen LogP contribution in [0.4, 0.5) is 17.5 Å². The lowest BCUT2D eigenvalue weighted by Gasteiger charge is -2.34. The zero-order chi connectivity index (χ0) is 20.5. The molecule has 2 aliphatic heterocycles. The van der Waals surface area contributed by atoms with Crippen LogP contribution in [0.25, 0.3) is 11.6 Å². The van der Waals surface area contributed by atoms with E-state index in [1.807, 2.05) is 54.7 Å². The molecule has 2 aliphatic rings. The molecule has 0 saturated carbocycles.